The molecule has 1 aliphatic carbocycles. The lowest BCUT2D eigenvalue weighted by Gasteiger charge is -2.32. The molecule has 3 rings (SSSR count). The lowest BCUT2D eigenvalue weighted by Crippen LogP contribution is -2.40. The number of hydrogen-bond acceptors (Lipinski definition) is 7. The molecule has 0 unspecified atom stereocenters. The second kappa shape index (κ2) is 11.8. The van der Waals surface area contributed by atoms with Crippen molar-refractivity contribution in [1.29, 1.82) is 0 Å². The van der Waals surface area contributed by atoms with Crippen LogP contribution >= 0.6 is 11.3 Å². The zero-order chi connectivity index (χ0) is 24.8. The second-order valence-corrected chi connectivity index (χ2v) is 9.84. The molecular formula is C26H32FNO5S. The van der Waals surface area contributed by atoms with Gasteiger partial charge in [0.2, 0.25) is 0 Å². The number of halogens is 1. The largest absolute Gasteiger partial charge is 0.457 e. The van der Waals surface area contributed by atoms with Crippen LogP contribution in [0.25, 0.3) is 12.2 Å². The molecule has 6 nitrogen and oxygen atoms in total. The molecule has 5 atom stereocenters. The molecule has 2 aliphatic rings. The summed E-state index contributed by atoms with van der Waals surface area (Å²) >= 11 is 1.44. The van der Waals surface area contributed by atoms with Gasteiger partial charge in [-0.25, -0.2) is 9.37 Å². The minimum absolute atomic E-state index is 0.140. The molecule has 0 fully saturated rings. The van der Waals surface area contributed by atoms with E-state index in [9.17, 15) is 24.2 Å². The summed E-state index contributed by atoms with van der Waals surface area (Å²) in [4.78, 5) is 29.8. The van der Waals surface area contributed by atoms with Crippen LogP contribution in [-0.2, 0) is 14.3 Å². The van der Waals surface area contributed by atoms with E-state index in [0.717, 1.165) is 10.6 Å². The first kappa shape index (κ1) is 26.2. The van der Waals surface area contributed by atoms with Crippen molar-refractivity contribution in [1.82, 2.24) is 4.98 Å². The third-order valence-corrected chi connectivity index (χ3v) is 7.32. The van der Waals surface area contributed by atoms with Crippen molar-refractivity contribution in [3.05, 3.63) is 51.5 Å². The van der Waals surface area contributed by atoms with Gasteiger partial charge in [-0.1, -0.05) is 25.7 Å². The monoisotopic (exact) mass is 489 g/mol. The van der Waals surface area contributed by atoms with Gasteiger partial charge in [0.15, 0.2) is 5.78 Å². The van der Waals surface area contributed by atoms with E-state index in [0.29, 0.717) is 30.5 Å². The van der Waals surface area contributed by atoms with Crippen LogP contribution in [0.1, 0.15) is 56.7 Å². The van der Waals surface area contributed by atoms with E-state index in [1.54, 1.807) is 25.2 Å². The number of nitrogens with zero attached hydrogens (tertiary/aromatic N) is 1. The maximum atomic E-state index is 13.7. The Labute approximate surface area is 203 Å². The Kier molecular flexibility index (Phi) is 9.10. The summed E-state index contributed by atoms with van der Waals surface area (Å²) in [6.07, 6.45) is 5.54. The lowest BCUT2D eigenvalue weighted by molar-refractivity contribution is -0.149. The lowest BCUT2D eigenvalue weighted by atomic mass is 9.76. The van der Waals surface area contributed by atoms with Crippen molar-refractivity contribution in [2.75, 3.05) is 6.67 Å². The van der Waals surface area contributed by atoms with Crippen molar-refractivity contribution in [2.45, 2.75) is 64.3 Å². The summed E-state index contributed by atoms with van der Waals surface area (Å²) in [6, 6.07) is 0. The highest BCUT2D eigenvalue weighted by molar-refractivity contribution is 7.10. The molecule has 34 heavy (non-hydrogen) atoms. The Morgan fingerprint density at radius 1 is 1.38 bits per heavy atom. The van der Waals surface area contributed by atoms with Crippen molar-refractivity contribution in [3.63, 3.8) is 0 Å². The highest BCUT2D eigenvalue weighted by Gasteiger charge is 2.38. The molecule has 1 aromatic heterocycles. The van der Waals surface area contributed by atoms with E-state index >= 15 is 0 Å². The van der Waals surface area contributed by atoms with Crippen LogP contribution < -0.4 is 0 Å². The number of aromatic nitrogens is 1. The number of ketones is 1. The minimum Gasteiger partial charge on any atom is -0.457 e. The summed E-state index contributed by atoms with van der Waals surface area (Å²) in [5.74, 6) is -2.05. The van der Waals surface area contributed by atoms with Crippen LogP contribution in [0.5, 0.6) is 0 Å². The number of ether oxygens (including phenoxy) is 1. The van der Waals surface area contributed by atoms with E-state index in [1.807, 2.05) is 18.4 Å². The minimum atomic E-state index is -1.31. The second-order valence-electron chi connectivity index (χ2n) is 8.95. The third kappa shape index (κ3) is 6.37. The average molecular weight is 490 g/mol. The summed E-state index contributed by atoms with van der Waals surface area (Å²) in [7, 11) is 0. The smallest absolute Gasteiger partial charge is 0.309 e. The Bertz CT molecular complexity index is 1010. The quantitative estimate of drug-likeness (QED) is 0.479. The molecule has 2 heterocycles. The van der Waals surface area contributed by atoms with Crippen molar-refractivity contribution >= 4 is 35.2 Å². The molecular weight excluding hydrogens is 457 g/mol. The van der Waals surface area contributed by atoms with Crippen molar-refractivity contribution in [3.8, 4) is 0 Å². The molecule has 8 heteroatoms. The van der Waals surface area contributed by atoms with E-state index in [1.165, 1.54) is 11.3 Å². The summed E-state index contributed by atoms with van der Waals surface area (Å²) in [5.41, 5.74) is 2.18. The molecule has 0 saturated carbocycles. The predicted octanol–water partition coefficient (Wildman–Crippen LogP) is 4.44. The van der Waals surface area contributed by atoms with Crippen LogP contribution in [0.15, 0.2) is 40.8 Å². The molecule has 0 saturated heterocycles. The van der Waals surface area contributed by atoms with Gasteiger partial charge in [-0.2, -0.15) is 0 Å². The van der Waals surface area contributed by atoms with E-state index < -0.39 is 36.9 Å². The SMILES string of the molecule is C=Cc1nc(/C=C(\C)[C@@H]2C/C=C(/CF)CCC[C@@H]3C=C(C(=O)[C@H](C)[C@H]3O)[C@@H](O)CC(=O)O2)cs1. The number of fused-ring (bicyclic) bond motifs is 1. The molecule has 0 aromatic carbocycles. The molecule has 0 amide bonds. The van der Waals surface area contributed by atoms with Gasteiger partial charge < -0.3 is 14.9 Å². The number of alkyl halides is 1. The fourth-order valence-electron chi connectivity index (χ4n) is 4.38. The first-order valence-electron chi connectivity index (χ1n) is 11.5. The van der Waals surface area contributed by atoms with Gasteiger partial charge in [0.05, 0.1) is 24.3 Å². The number of esters is 1. The number of aliphatic hydroxyl groups is 2. The first-order chi connectivity index (χ1) is 16.2. The summed E-state index contributed by atoms with van der Waals surface area (Å²) < 4.78 is 19.4. The number of hydrogen-bond donors (Lipinski definition) is 2. The van der Waals surface area contributed by atoms with E-state index in [-0.39, 0.29) is 30.1 Å². The zero-order valence-electron chi connectivity index (χ0n) is 19.6. The number of thiazole rings is 1. The predicted molar refractivity (Wildman–Crippen MR) is 131 cm³/mol. The van der Waals surface area contributed by atoms with Gasteiger partial charge in [-0.05, 0) is 49.5 Å². The number of aliphatic hydroxyl groups excluding tert-OH is 2. The van der Waals surface area contributed by atoms with Crippen LogP contribution in [-0.4, -0.2) is 51.9 Å². The number of rotatable bonds is 4. The average Bonchev–Trinajstić information content (AvgIpc) is 3.26. The van der Waals surface area contributed by atoms with Crippen LogP contribution in [0, 0.1) is 11.8 Å². The number of cyclic esters (lactones) is 1. The first-order valence-corrected chi connectivity index (χ1v) is 12.4. The van der Waals surface area contributed by atoms with E-state index in [4.69, 9.17) is 4.74 Å². The van der Waals surface area contributed by atoms with Gasteiger partial charge in [0.1, 0.15) is 17.8 Å². The highest BCUT2D eigenvalue weighted by Crippen LogP contribution is 2.32. The number of allylic oxidation sites excluding steroid dienone is 1. The van der Waals surface area contributed by atoms with Crippen LogP contribution in [0.4, 0.5) is 4.39 Å². The number of carbonyl (C=O) groups excluding carboxylic acids is 2. The zero-order valence-corrected chi connectivity index (χ0v) is 20.4. The number of carbonyl (C=O) groups is 2. The maximum absolute atomic E-state index is 13.7. The molecule has 1 aromatic rings. The molecule has 184 valence electrons. The van der Waals surface area contributed by atoms with Gasteiger partial charge in [-0.3, -0.25) is 9.59 Å². The van der Waals surface area contributed by atoms with Crippen molar-refractivity contribution < 1.29 is 28.9 Å². The van der Waals surface area contributed by atoms with E-state index in [2.05, 4.69) is 11.6 Å². The molecule has 0 spiro atoms. The Balaban J connectivity index is 1.88. The topological polar surface area (TPSA) is 96.7 Å². The molecule has 1 aliphatic heterocycles. The fraction of sp³-hybridized carbons (Fsp3) is 0.500. The van der Waals surface area contributed by atoms with Crippen molar-refractivity contribution in [2.24, 2.45) is 11.8 Å². The highest BCUT2D eigenvalue weighted by atomic mass is 32.1. The summed E-state index contributed by atoms with van der Waals surface area (Å²) in [5, 5.41) is 23.8. The Morgan fingerprint density at radius 2 is 2.15 bits per heavy atom. The van der Waals surface area contributed by atoms with Gasteiger partial charge >= 0.3 is 5.97 Å². The molecule has 2 N–H and O–H groups in total. The standard InChI is InChI=1S/C26H32FNO5S/c1-4-23-28-19(14-34-23)10-15(2)22-9-8-17(13-27)6-5-7-18-11-20(21(29)12-24(30)33-22)26(32)16(3)25(18)31/h4,8,10-11,14,16,18,21-22,25,29,31H,1,5-7,9,12-13H2,2-3H3/b15-10+,17-8+/t16-,18-,21+,22+,25-/m1/s1. The molecule has 2 bridgehead atoms. The Morgan fingerprint density at radius 3 is 2.82 bits per heavy atom. The summed E-state index contributed by atoms with van der Waals surface area (Å²) in [6.45, 7) is 6.53. The fourth-order valence-corrected chi connectivity index (χ4v) is 5.00. The van der Waals surface area contributed by atoms with Crippen LogP contribution in [0.2, 0.25) is 0 Å². The Hall–Kier alpha value is -2.42. The third-order valence-electron chi connectivity index (χ3n) is 6.46. The van der Waals surface area contributed by atoms with Gasteiger partial charge in [-0.15, -0.1) is 11.3 Å². The van der Waals surface area contributed by atoms with Gasteiger partial charge in [0, 0.05) is 29.2 Å². The normalized spacial score (nSPS) is 31.1. The van der Waals surface area contributed by atoms with Gasteiger partial charge in [0.25, 0.3) is 0 Å². The van der Waals surface area contributed by atoms with Crippen LogP contribution in [0.3, 0.4) is 0 Å². The molecule has 0 radical (unpaired) electrons. The maximum Gasteiger partial charge on any atom is 0.309 e. The number of Topliss-reactive ketones (excluding diaryl/α,β-unsaturated/α-hetero) is 1.